The van der Waals surface area contributed by atoms with Crippen LogP contribution in [0.1, 0.15) is 36.2 Å². The van der Waals surface area contributed by atoms with Crippen LogP contribution in [-0.4, -0.2) is 36.5 Å². The number of amides is 1. The van der Waals surface area contributed by atoms with E-state index in [-0.39, 0.29) is 18.3 Å². The number of hydrogen-bond acceptors (Lipinski definition) is 3. The van der Waals surface area contributed by atoms with Crippen LogP contribution in [0.25, 0.3) is 11.0 Å². The van der Waals surface area contributed by atoms with Gasteiger partial charge in [-0.1, -0.05) is 18.2 Å². The predicted octanol–water partition coefficient (Wildman–Crippen LogP) is 3.46. The Bertz CT molecular complexity index is 637. The van der Waals surface area contributed by atoms with Gasteiger partial charge in [0.25, 0.3) is 5.91 Å². The highest BCUT2D eigenvalue weighted by Crippen LogP contribution is 2.27. The van der Waals surface area contributed by atoms with Crippen LogP contribution in [0.5, 0.6) is 0 Å². The van der Waals surface area contributed by atoms with Crippen LogP contribution in [0, 0.1) is 5.92 Å². The van der Waals surface area contributed by atoms with E-state index < -0.39 is 0 Å². The first-order valence-electron chi connectivity index (χ1n) is 8.32. The van der Waals surface area contributed by atoms with Gasteiger partial charge in [0.2, 0.25) is 0 Å². The third-order valence-corrected chi connectivity index (χ3v) is 5.13. The van der Waals surface area contributed by atoms with Crippen molar-refractivity contribution in [2.24, 2.45) is 5.92 Å². The van der Waals surface area contributed by atoms with Crippen LogP contribution >= 0.6 is 12.4 Å². The quantitative estimate of drug-likeness (QED) is 0.914. The molecule has 2 aromatic rings. The Hall–Kier alpha value is -1.52. The molecule has 1 N–H and O–H groups in total. The maximum Gasteiger partial charge on any atom is 0.289 e. The molecule has 2 saturated heterocycles. The molecule has 1 aromatic carbocycles. The number of likely N-dealkylation sites (tertiary alicyclic amines) is 1. The summed E-state index contributed by atoms with van der Waals surface area (Å²) in [6, 6.07) is 10.3. The molecule has 4 rings (SSSR count). The fourth-order valence-corrected chi connectivity index (χ4v) is 3.86. The van der Waals surface area contributed by atoms with Gasteiger partial charge < -0.3 is 14.6 Å². The molecule has 0 saturated carbocycles. The van der Waals surface area contributed by atoms with E-state index in [9.17, 15) is 4.79 Å². The topological polar surface area (TPSA) is 45.5 Å². The van der Waals surface area contributed by atoms with Crippen LogP contribution in [0.15, 0.2) is 34.7 Å². The second-order valence-corrected chi connectivity index (χ2v) is 6.48. The molecule has 4 nitrogen and oxygen atoms in total. The normalized spacial score (nSPS) is 22.3. The van der Waals surface area contributed by atoms with Crippen molar-refractivity contribution >= 4 is 29.3 Å². The maximum atomic E-state index is 12.6. The van der Waals surface area contributed by atoms with Crippen molar-refractivity contribution in [2.45, 2.75) is 31.7 Å². The molecule has 2 aliphatic rings. The summed E-state index contributed by atoms with van der Waals surface area (Å²) in [5.74, 6) is 1.23. The number of para-hydroxylation sites is 1. The monoisotopic (exact) mass is 334 g/mol. The molecule has 1 aromatic heterocycles. The van der Waals surface area contributed by atoms with Gasteiger partial charge in [-0.15, -0.1) is 12.4 Å². The number of furan rings is 1. The smallest absolute Gasteiger partial charge is 0.289 e. The molecule has 2 fully saturated rings. The standard InChI is InChI=1S/C18H22N2O2.ClH/c21-18(17-12-14-4-1-2-6-16(14)22-17)20-10-7-13(8-11-20)15-5-3-9-19-15;/h1-2,4,6,12-13,15,19H,3,5,7-11H2;1H. The van der Waals surface area contributed by atoms with Crippen molar-refractivity contribution in [1.82, 2.24) is 10.2 Å². The first kappa shape index (κ1) is 16.3. The van der Waals surface area contributed by atoms with E-state index in [1.165, 1.54) is 12.8 Å². The second-order valence-electron chi connectivity index (χ2n) is 6.48. The number of nitrogens with one attached hydrogen (secondary N) is 1. The summed E-state index contributed by atoms with van der Waals surface area (Å²) in [6.45, 7) is 2.85. The van der Waals surface area contributed by atoms with Crippen LogP contribution in [0.3, 0.4) is 0 Å². The molecule has 0 spiro atoms. The lowest BCUT2D eigenvalue weighted by molar-refractivity contribution is 0.0645. The number of carbonyl (C=O) groups is 1. The van der Waals surface area contributed by atoms with Crippen molar-refractivity contribution in [3.05, 3.63) is 36.1 Å². The Kier molecular flexibility index (Phi) is 4.93. The number of carbonyl (C=O) groups excluding carboxylic acids is 1. The second kappa shape index (κ2) is 6.93. The average molecular weight is 335 g/mol. The minimum atomic E-state index is 0. The average Bonchev–Trinajstić information content (AvgIpc) is 3.23. The first-order chi connectivity index (χ1) is 10.8. The van der Waals surface area contributed by atoms with Crippen molar-refractivity contribution in [2.75, 3.05) is 19.6 Å². The van der Waals surface area contributed by atoms with Crippen molar-refractivity contribution < 1.29 is 9.21 Å². The van der Waals surface area contributed by atoms with E-state index in [1.54, 1.807) is 0 Å². The van der Waals surface area contributed by atoms with Crippen molar-refractivity contribution in [1.29, 1.82) is 0 Å². The van der Waals surface area contributed by atoms with E-state index >= 15 is 0 Å². The van der Waals surface area contributed by atoms with E-state index in [0.717, 1.165) is 49.4 Å². The van der Waals surface area contributed by atoms with E-state index in [4.69, 9.17) is 4.42 Å². The van der Waals surface area contributed by atoms with Gasteiger partial charge in [0.05, 0.1) is 0 Å². The van der Waals surface area contributed by atoms with Gasteiger partial charge in [-0.3, -0.25) is 4.79 Å². The lowest BCUT2D eigenvalue weighted by atomic mass is 9.88. The zero-order valence-corrected chi connectivity index (χ0v) is 14.0. The van der Waals surface area contributed by atoms with E-state index in [1.807, 2.05) is 35.2 Å². The lowest BCUT2D eigenvalue weighted by Crippen LogP contribution is -2.43. The third-order valence-electron chi connectivity index (χ3n) is 5.13. The molecular weight excluding hydrogens is 312 g/mol. The van der Waals surface area contributed by atoms with E-state index in [0.29, 0.717) is 11.8 Å². The zero-order chi connectivity index (χ0) is 14.9. The summed E-state index contributed by atoms with van der Waals surface area (Å²) in [6.07, 6.45) is 4.79. The molecule has 0 radical (unpaired) electrons. The Labute approximate surface area is 142 Å². The molecule has 3 heterocycles. The summed E-state index contributed by atoms with van der Waals surface area (Å²) in [7, 11) is 0. The number of nitrogens with zero attached hydrogens (tertiary/aromatic N) is 1. The molecule has 1 atom stereocenters. The zero-order valence-electron chi connectivity index (χ0n) is 13.2. The van der Waals surface area contributed by atoms with Crippen LogP contribution in [0.2, 0.25) is 0 Å². The van der Waals surface area contributed by atoms with Crippen molar-refractivity contribution in [3.63, 3.8) is 0 Å². The van der Waals surface area contributed by atoms with Gasteiger partial charge in [-0.25, -0.2) is 0 Å². The minimum absolute atomic E-state index is 0. The molecular formula is C18H23ClN2O2. The molecule has 0 bridgehead atoms. The Morgan fingerprint density at radius 1 is 1.17 bits per heavy atom. The maximum absolute atomic E-state index is 12.6. The number of halogens is 1. The highest BCUT2D eigenvalue weighted by molar-refractivity contribution is 5.96. The Morgan fingerprint density at radius 3 is 2.65 bits per heavy atom. The largest absolute Gasteiger partial charge is 0.451 e. The van der Waals surface area contributed by atoms with Gasteiger partial charge in [0.15, 0.2) is 5.76 Å². The first-order valence-corrected chi connectivity index (χ1v) is 8.32. The highest BCUT2D eigenvalue weighted by atomic mass is 35.5. The Balaban J connectivity index is 0.00000156. The fraction of sp³-hybridized carbons (Fsp3) is 0.500. The molecule has 23 heavy (non-hydrogen) atoms. The highest BCUT2D eigenvalue weighted by Gasteiger charge is 2.31. The fourth-order valence-electron chi connectivity index (χ4n) is 3.86. The lowest BCUT2D eigenvalue weighted by Gasteiger charge is -2.34. The third kappa shape index (κ3) is 3.24. The van der Waals surface area contributed by atoms with Crippen LogP contribution in [0.4, 0.5) is 0 Å². The van der Waals surface area contributed by atoms with Crippen molar-refractivity contribution in [3.8, 4) is 0 Å². The van der Waals surface area contributed by atoms with Crippen LogP contribution in [-0.2, 0) is 0 Å². The number of piperidine rings is 1. The number of rotatable bonds is 2. The van der Waals surface area contributed by atoms with Gasteiger partial charge >= 0.3 is 0 Å². The molecule has 0 aliphatic carbocycles. The molecule has 124 valence electrons. The summed E-state index contributed by atoms with van der Waals surface area (Å²) >= 11 is 0. The minimum Gasteiger partial charge on any atom is -0.451 e. The summed E-state index contributed by atoms with van der Waals surface area (Å²) < 4.78 is 5.71. The van der Waals surface area contributed by atoms with Gasteiger partial charge in [0.1, 0.15) is 5.58 Å². The number of fused-ring (bicyclic) bond motifs is 1. The summed E-state index contributed by atoms with van der Waals surface area (Å²) in [5, 5.41) is 4.59. The van der Waals surface area contributed by atoms with Gasteiger partial charge in [-0.2, -0.15) is 0 Å². The van der Waals surface area contributed by atoms with Crippen LogP contribution < -0.4 is 5.32 Å². The van der Waals surface area contributed by atoms with Gasteiger partial charge in [-0.05, 0) is 50.3 Å². The summed E-state index contributed by atoms with van der Waals surface area (Å²) in [4.78, 5) is 14.6. The SMILES string of the molecule is Cl.O=C(c1cc2ccccc2o1)N1CCC(C2CCCN2)CC1. The predicted molar refractivity (Wildman–Crippen MR) is 93.1 cm³/mol. The number of benzene rings is 1. The molecule has 1 amide bonds. The molecule has 5 heteroatoms. The molecule has 2 aliphatic heterocycles. The van der Waals surface area contributed by atoms with E-state index in [2.05, 4.69) is 5.32 Å². The van der Waals surface area contributed by atoms with Gasteiger partial charge in [0, 0.05) is 24.5 Å². The Morgan fingerprint density at radius 2 is 1.96 bits per heavy atom. The molecule has 1 unspecified atom stereocenters. The summed E-state index contributed by atoms with van der Waals surface area (Å²) in [5.41, 5.74) is 0.788. The number of hydrogen-bond donors (Lipinski definition) is 1.